The van der Waals surface area contributed by atoms with Crippen molar-refractivity contribution in [1.29, 1.82) is 0 Å². The van der Waals surface area contributed by atoms with Crippen LogP contribution < -0.4 is 9.80 Å². The molecule has 0 aromatic heterocycles. The van der Waals surface area contributed by atoms with Gasteiger partial charge < -0.3 is 9.80 Å². The Morgan fingerprint density at radius 1 is 0.500 bits per heavy atom. The summed E-state index contributed by atoms with van der Waals surface area (Å²) in [5, 5.41) is 0. The molecule has 4 nitrogen and oxygen atoms in total. The van der Waals surface area contributed by atoms with Crippen LogP contribution in [0.25, 0.3) is 12.2 Å². The van der Waals surface area contributed by atoms with Crippen molar-refractivity contribution in [2.75, 3.05) is 49.1 Å². The van der Waals surface area contributed by atoms with Gasteiger partial charge in [0.15, 0.2) is 11.4 Å². The minimum Gasteiger partial charge on any atom is -0.372 e. The normalized spacial score (nSPS) is 15.8. The predicted octanol–water partition coefficient (Wildman–Crippen LogP) is 12.6. The van der Waals surface area contributed by atoms with Gasteiger partial charge >= 0.3 is 0 Å². The first-order valence-corrected chi connectivity index (χ1v) is 21.5. The monoisotopic (exact) mass is 848 g/mol. The summed E-state index contributed by atoms with van der Waals surface area (Å²) < 4.78 is 7.39. The molecule has 0 radical (unpaired) electrons. The molecule has 0 fully saturated rings. The predicted molar refractivity (Wildman–Crippen MR) is 241 cm³/mol. The zero-order valence-electron chi connectivity index (χ0n) is 33.6. The molecule has 0 saturated heterocycles. The molecule has 4 aromatic carbocycles. The van der Waals surface area contributed by atoms with Crippen LogP contribution in [0.4, 0.5) is 22.7 Å². The van der Waals surface area contributed by atoms with Crippen molar-refractivity contribution in [2.45, 2.75) is 79.1 Å². The number of nitrogens with zero attached hydrogens (tertiary/aromatic N) is 4. The number of rotatable bonds is 15. The van der Waals surface area contributed by atoms with E-state index in [0.29, 0.717) is 0 Å². The molecule has 0 bridgehead atoms. The van der Waals surface area contributed by atoms with Crippen LogP contribution in [-0.2, 0) is 10.8 Å². The highest BCUT2D eigenvalue weighted by molar-refractivity contribution is 9.10. The van der Waals surface area contributed by atoms with Crippen LogP contribution in [0, 0.1) is 0 Å². The van der Waals surface area contributed by atoms with Crippen LogP contribution >= 0.6 is 31.9 Å². The lowest BCUT2D eigenvalue weighted by Crippen LogP contribution is -2.28. The maximum absolute atomic E-state index is 3.79. The van der Waals surface area contributed by atoms with Crippen molar-refractivity contribution in [2.24, 2.45) is 0 Å². The highest BCUT2D eigenvalue weighted by Crippen LogP contribution is 2.43. The van der Waals surface area contributed by atoms with E-state index in [0.717, 1.165) is 61.1 Å². The van der Waals surface area contributed by atoms with Crippen LogP contribution in [0.5, 0.6) is 0 Å². The van der Waals surface area contributed by atoms with Crippen LogP contribution in [0.3, 0.4) is 0 Å². The van der Waals surface area contributed by atoms with Crippen molar-refractivity contribution in [3.05, 3.63) is 128 Å². The number of anilines is 2. The second-order valence-electron chi connectivity index (χ2n) is 15.5. The number of halogens is 2. The highest BCUT2D eigenvalue weighted by atomic mass is 79.9. The van der Waals surface area contributed by atoms with Gasteiger partial charge in [-0.2, -0.15) is 9.15 Å². The molecule has 0 atom stereocenters. The van der Waals surface area contributed by atoms with Crippen LogP contribution in [0.2, 0.25) is 0 Å². The van der Waals surface area contributed by atoms with Gasteiger partial charge in [-0.25, -0.2) is 0 Å². The van der Waals surface area contributed by atoms with Crippen molar-refractivity contribution in [1.82, 2.24) is 0 Å². The SMILES string of the molecule is CCN(CC)c1ccc(/C=C/C2=[N+](CCCC[N+]3=C(/C=C/c4ccc(N(CC)CC)cc4)C(C)(C)c4ccc(Br)cc43)c3cc(Br)ccc3C2(C)C)cc1. The molecule has 4 aromatic rings. The Morgan fingerprint density at radius 3 is 1.19 bits per heavy atom. The maximum Gasteiger partial charge on any atom is 0.210 e. The molecule has 2 heterocycles. The van der Waals surface area contributed by atoms with Crippen molar-refractivity contribution in [3.8, 4) is 0 Å². The van der Waals surface area contributed by atoms with E-state index in [1.165, 1.54) is 56.4 Å². The molecule has 6 rings (SSSR count). The van der Waals surface area contributed by atoms with Crippen LogP contribution in [0.1, 0.15) is 90.5 Å². The van der Waals surface area contributed by atoms with Crippen molar-refractivity contribution >= 4 is 78.2 Å². The molecule has 2 aliphatic rings. The average molecular weight is 851 g/mol. The molecule has 282 valence electrons. The van der Waals surface area contributed by atoms with E-state index in [-0.39, 0.29) is 10.8 Å². The summed E-state index contributed by atoms with van der Waals surface area (Å²) in [5.74, 6) is 0. The van der Waals surface area contributed by atoms with Gasteiger partial charge in [-0.3, -0.25) is 0 Å². The molecule has 0 N–H and O–H groups in total. The maximum atomic E-state index is 3.79. The third-order valence-corrected chi connectivity index (χ3v) is 12.6. The third kappa shape index (κ3) is 8.11. The third-order valence-electron chi connectivity index (χ3n) is 11.6. The van der Waals surface area contributed by atoms with E-state index in [1.54, 1.807) is 0 Å². The summed E-state index contributed by atoms with van der Waals surface area (Å²) in [4.78, 5) is 4.78. The molecule has 2 aliphatic heterocycles. The number of fused-ring (bicyclic) bond motifs is 2. The molecular formula is C48H58Br2N4+2. The Bertz CT molecular complexity index is 1930. The van der Waals surface area contributed by atoms with Gasteiger partial charge in [0.05, 0.1) is 10.8 Å². The smallest absolute Gasteiger partial charge is 0.210 e. The number of hydrogen-bond donors (Lipinski definition) is 0. The topological polar surface area (TPSA) is 12.5 Å². The summed E-state index contributed by atoms with van der Waals surface area (Å²) in [6.45, 7) is 24.3. The average Bonchev–Trinajstić information content (AvgIpc) is 3.50. The Balaban J connectivity index is 1.27. The van der Waals surface area contributed by atoms with E-state index in [9.17, 15) is 0 Å². The first-order chi connectivity index (χ1) is 25.9. The molecule has 0 aliphatic carbocycles. The highest BCUT2D eigenvalue weighted by Gasteiger charge is 2.45. The Morgan fingerprint density at radius 2 is 0.852 bits per heavy atom. The van der Waals surface area contributed by atoms with E-state index < -0.39 is 0 Å². The van der Waals surface area contributed by atoms with Crippen molar-refractivity contribution in [3.63, 3.8) is 0 Å². The minimum absolute atomic E-state index is 0.104. The summed E-state index contributed by atoms with van der Waals surface area (Å²) in [6.07, 6.45) is 11.5. The molecule has 0 amide bonds. The summed E-state index contributed by atoms with van der Waals surface area (Å²) in [5.41, 5.74) is 12.9. The fourth-order valence-corrected chi connectivity index (χ4v) is 9.16. The lowest BCUT2D eigenvalue weighted by molar-refractivity contribution is -0.451. The largest absolute Gasteiger partial charge is 0.372 e. The fraction of sp³-hybridized carbons (Fsp3) is 0.375. The van der Waals surface area contributed by atoms with Gasteiger partial charge in [-0.15, -0.1) is 0 Å². The summed E-state index contributed by atoms with van der Waals surface area (Å²) >= 11 is 7.58. The standard InChI is InChI=1S/C48H58Br2N4/c1-9-51(10-2)39-23-15-35(16-24-39)19-29-45-47(5,6)41-27-21-37(49)33-43(41)53(45)31-13-14-32-54-44-34-38(50)22-28-42(44)48(7,8)46(54)30-20-36-17-25-40(26-18-36)52(11-3)12-4/h15-30,33-34H,9-14,31-32H2,1-8H3/q+2. The zero-order valence-corrected chi connectivity index (χ0v) is 36.8. The quantitative estimate of drug-likeness (QED) is 0.0873. The first-order valence-electron chi connectivity index (χ1n) is 19.9. The number of unbranched alkanes of at least 4 members (excludes halogenated alkanes) is 1. The van der Waals surface area contributed by atoms with E-state index in [4.69, 9.17) is 0 Å². The molecular weight excluding hydrogens is 792 g/mol. The van der Waals surface area contributed by atoms with Gasteiger partial charge in [-0.05, 0) is 115 Å². The molecule has 0 saturated carbocycles. The molecule has 54 heavy (non-hydrogen) atoms. The summed E-state index contributed by atoms with van der Waals surface area (Å²) in [6, 6.07) is 31.6. The van der Waals surface area contributed by atoms with E-state index in [2.05, 4.69) is 215 Å². The lowest BCUT2D eigenvalue weighted by atomic mass is 9.81. The summed E-state index contributed by atoms with van der Waals surface area (Å²) in [7, 11) is 0. The van der Waals surface area contributed by atoms with Crippen molar-refractivity contribution < 1.29 is 9.15 Å². The zero-order chi connectivity index (χ0) is 38.6. The number of allylic oxidation sites excluding steroid dienone is 2. The first kappa shape index (κ1) is 39.9. The Hall–Kier alpha value is -3.74. The number of hydrogen-bond acceptors (Lipinski definition) is 2. The number of benzene rings is 4. The Kier molecular flexibility index (Phi) is 12.5. The van der Waals surface area contributed by atoms with E-state index >= 15 is 0 Å². The van der Waals surface area contributed by atoms with Crippen LogP contribution in [-0.4, -0.2) is 59.8 Å². The Labute approximate surface area is 341 Å². The molecule has 6 heteroatoms. The van der Waals surface area contributed by atoms with Gasteiger partial charge in [0.2, 0.25) is 11.4 Å². The lowest BCUT2D eigenvalue weighted by Gasteiger charge is -2.20. The van der Waals surface area contributed by atoms with Gasteiger partial charge in [0.25, 0.3) is 0 Å². The minimum atomic E-state index is -0.104. The second-order valence-corrected chi connectivity index (χ2v) is 17.4. The van der Waals surface area contributed by atoms with E-state index in [1.807, 2.05) is 0 Å². The van der Waals surface area contributed by atoms with Gasteiger partial charge in [0, 0.05) is 94.8 Å². The van der Waals surface area contributed by atoms with Gasteiger partial charge in [0.1, 0.15) is 13.1 Å². The second kappa shape index (κ2) is 17.0. The van der Waals surface area contributed by atoms with Crippen LogP contribution in [0.15, 0.2) is 106 Å². The molecule has 0 unspecified atom stereocenters. The molecule has 0 spiro atoms. The van der Waals surface area contributed by atoms with Gasteiger partial charge in [-0.1, -0.05) is 68.3 Å². The fourth-order valence-electron chi connectivity index (χ4n) is 8.46.